The molecule has 0 saturated carbocycles. The topological polar surface area (TPSA) is 161 Å². The first-order valence-corrected chi connectivity index (χ1v) is 16.1. The molecule has 2 aliphatic heterocycles. The van der Waals surface area contributed by atoms with E-state index in [0.29, 0.717) is 23.5 Å². The van der Waals surface area contributed by atoms with Crippen molar-refractivity contribution < 1.29 is 13.2 Å². The highest BCUT2D eigenvalue weighted by molar-refractivity contribution is 7.88. The molecule has 2 saturated heterocycles. The van der Waals surface area contributed by atoms with Gasteiger partial charge in [0.15, 0.2) is 22.5 Å². The van der Waals surface area contributed by atoms with Crippen LogP contribution in [-0.2, 0) is 16.6 Å². The van der Waals surface area contributed by atoms with Crippen LogP contribution in [-0.4, -0.2) is 98.2 Å². The number of piperazine rings is 1. The molecule has 2 aromatic rings. The molecular weight excluding hydrogens is 566 g/mol. The van der Waals surface area contributed by atoms with Crippen LogP contribution >= 0.6 is 11.6 Å². The van der Waals surface area contributed by atoms with Gasteiger partial charge in [0.05, 0.1) is 17.9 Å². The van der Waals surface area contributed by atoms with E-state index < -0.39 is 15.9 Å². The average Bonchev–Trinajstić information content (AvgIpc) is 2.96. The number of carbonyl (C=O) groups is 1. The Bertz CT molecular complexity index is 1360. The zero-order valence-corrected chi connectivity index (χ0v) is 25.1. The number of sulfonamides is 1. The van der Waals surface area contributed by atoms with E-state index in [9.17, 15) is 13.2 Å². The summed E-state index contributed by atoms with van der Waals surface area (Å²) in [7, 11) is -3.35. The second kappa shape index (κ2) is 13.8. The molecule has 1 aromatic heterocycles. The van der Waals surface area contributed by atoms with Crippen LogP contribution in [0.4, 0.5) is 11.6 Å². The second-order valence-corrected chi connectivity index (χ2v) is 12.7. The SMILES string of the molecule is CC[C@H]1CN(c2nc(N)c(C(=O)NCCNS(C)(=O)=O)nc2Cl)CCN1C1CCN(Cc2ccc(C#N)cc2)CC1. The fourth-order valence-electron chi connectivity index (χ4n) is 5.54. The number of rotatable bonds is 10. The fourth-order valence-corrected chi connectivity index (χ4v) is 6.26. The van der Waals surface area contributed by atoms with Gasteiger partial charge < -0.3 is 16.0 Å². The molecular formula is C27H38ClN9O3S. The van der Waals surface area contributed by atoms with Gasteiger partial charge in [0.25, 0.3) is 5.91 Å². The van der Waals surface area contributed by atoms with Crippen molar-refractivity contribution >= 4 is 39.2 Å². The van der Waals surface area contributed by atoms with Crippen LogP contribution < -0.4 is 20.7 Å². The minimum Gasteiger partial charge on any atom is -0.382 e. The van der Waals surface area contributed by atoms with E-state index in [4.69, 9.17) is 22.6 Å². The molecule has 12 nitrogen and oxygen atoms in total. The number of nitrogens with zero attached hydrogens (tertiary/aromatic N) is 6. The summed E-state index contributed by atoms with van der Waals surface area (Å²) in [5.74, 6) is -0.126. The van der Waals surface area contributed by atoms with E-state index in [-0.39, 0.29) is 29.8 Å². The summed E-state index contributed by atoms with van der Waals surface area (Å²) in [6.45, 7) is 7.58. The third-order valence-corrected chi connectivity index (χ3v) is 8.65. The van der Waals surface area contributed by atoms with Gasteiger partial charge in [-0.25, -0.2) is 23.1 Å². The van der Waals surface area contributed by atoms with Crippen molar-refractivity contribution in [2.24, 2.45) is 0 Å². The van der Waals surface area contributed by atoms with Crippen molar-refractivity contribution in [2.45, 2.75) is 44.8 Å². The van der Waals surface area contributed by atoms with Crippen molar-refractivity contribution in [3.05, 3.63) is 46.2 Å². The molecule has 41 heavy (non-hydrogen) atoms. The second-order valence-electron chi connectivity index (χ2n) is 10.6. The first-order valence-electron chi connectivity index (χ1n) is 13.9. The van der Waals surface area contributed by atoms with Crippen LogP contribution in [0.15, 0.2) is 24.3 Å². The number of anilines is 2. The Morgan fingerprint density at radius 3 is 2.49 bits per heavy atom. The number of aromatic nitrogens is 2. The van der Waals surface area contributed by atoms with Crippen molar-refractivity contribution in [3.8, 4) is 6.07 Å². The van der Waals surface area contributed by atoms with Crippen molar-refractivity contribution in [1.29, 1.82) is 5.26 Å². The molecule has 2 fully saturated rings. The molecule has 4 N–H and O–H groups in total. The lowest BCUT2D eigenvalue weighted by molar-refractivity contribution is 0.0610. The first-order chi connectivity index (χ1) is 19.6. The standard InChI is InChI=1S/C27H38ClN9O3S/c1-3-21-18-36(26-24(28)33-23(25(30)34-26)27(38)31-10-11-32-41(2,39)40)14-15-37(21)22-8-12-35(13-9-22)17-20-6-4-19(16-29)5-7-20/h4-7,21-22,32H,3,8-15,17-18H2,1-2H3,(H2,30,34)(H,31,38)/t21-/m0/s1. The lowest BCUT2D eigenvalue weighted by atomic mass is 9.97. The number of carbonyl (C=O) groups excluding carboxylic acids is 1. The Morgan fingerprint density at radius 1 is 1.15 bits per heavy atom. The Hall–Kier alpha value is -3.02. The molecule has 0 bridgehead atoms. The van der Waals surface area contributed by atoms with Gasteiger partial charge in [0, 0.05) is 51.4 Å². The number of halogens is 1. The molecule has 4 rings (SSSR count). The minimum atomic E-state index is -3.35. The van der Waals surface area contributed by atoms with Gasteiger partial charge in [0.1, 0.15) is 0 Å². The molecule has 3 heterocycles. The summed E-state index contributed by atoms with van der Waals surface area (Å²) < 4.78 is 24.7. The highest BCUT2D eigenvalue weighted by Gasteiger charge is 2.34. The van der Waals surface area contributed by atoms with Gasteiger partial charge in [-0.3, -0.25) is 14.6 Å². The summed E-state index contributed by atoms with van der Waals surface area (Å²) in [6.07, 6.45) is 4.22. The van der Waals surface area contributed by atoms with Gasteiger partial charge in [-0.15, -0.1) is 0 Å². The Labute approximate surface area is 246 Å². The number of hydrogen-bond donors (Lipinski definition) is 3. The number of piperidine rings is 1. The summed E-state index contributed by atoms with van der Waals surface area (Å²) in [5.41, 5.74) is 7.93. The van der Waals surface area contributed by atoms with Gasteiger partial charge in [-0.2, -0.15) is 5.26 Å². The maximum Gasteiger partial charge on any atom is 0.273 e. The molecule has 2 aliphatic rings. The molecule has 222 valence electrons. The van der Waals surface area contributed by atoms with Gasteiger partial charge in [-0.1, -0.05) is 30.7 Å². The third kappa shape index (κ3) is 8.27. The predicted molar refractivity (Wildman–Crippen MR) is 159 cm³/mol. The fraction of sp³-hybridized carbons (Fsp3) is 0.556. The number of nitrogens with one attached hydrogen (secondary N) is 2. The van der Waals surface area contributed by atoms with E-state index in [1.54, 1.807) is 0 Å². The highest BCUT2D eigenvalue weighted by atomic mass is 35.5. The van der Waals surface area contributed by atoms with Crippen LogP contribution in [0, 0.1) is 11.3 Å². The van der Waals surface area contributed by atoms with E-state index in [0.717, 1.165) is 64.8 Å². The molecule has 1 atom stereocenters. The van der Waals surface area contributed by atoms with Crippen molar-refractivity contribution in [3.63, 3.8) is 0 Å². The number of hydrogen-bond acceptors (Lipinski definition) is 10. The van der Waals surface area contributed by atoms with Crippen LogP contribution in [0.25, 0.3) is 0 Å². The normalized spacial score (nSPS) is 19.2. The number of nitriles is 1. The van der Waals surface area contributed by atoms with Crippen molar-refractivity contribution in [2.75, 3.05) is 62.7 Å². The number of nitrogen functional groups attached to an aromatic ring is 1. The number of nitrogens with two attached hydrogens (primary N) is 1. The quantitative estimate of drug-likeness (QED) is 0.339. The number of amides is 1. The highest BCUT2D eigenvalue weighted by Crippen LogP contribution is 2.30. The lowest BCUT2D eigenvalue weighted by Crippen LogP contribution is -2.58. The maximum absolute atomic E-state index is 12.5. The zero-order valence-electron chi connectivity index (χ0n) is 23.5. The molecule has 1 amide bonds. The van der Waals surface area contributed by atoms with Gasteiger partial charge in [0.2, 0.25) is 10.0 Å². The van der Waals surface area contributed by atoms with E-state index >= 15 is 0 Å². The third-order valence-electron chi connectivity index (χ3n) is 7.67. The Kier molecular flexibility index (Phi) is 10.4. The molecule has 0 radical (unpaired) electrons. The predicted octanol–water partition coefficient (Wildman–Crippen LogP) is 1.43. The van der Waals surface area contributed by atoms with E-state index in [1.807, 2.05) is 24.3 Å². The number of benzene rings is 1. The van der Waals surface area contributed by atoms with E-state index in [2.05, 4.69) is 47.7 Å². The summed E-state index contributed by atoms with van der Waals surface area (Å²) in [6, 6.07) is 10.8. The maximum atomic E-state index is 12.5. The summed E-state index contributed by atoms with van der Waals surface area (Å²) in [5, 5.41) is 11.7. The first kappa shape index (κ1) is 30.9. The van der Waals surface area contributed by atoms with Gasteiger partial charge >= 0.3 is 0 Å². The lowest BCUT2D eigenvalue weighted by Gasteiger charge is -2.47. The van der Waals surface area contributed by atoms with Gasteiger partial charge in [-0.05, 0) is 50.0 Å². The molecule has 0 spiro atoms. The van der Waals surface area contributed by atoms with Crippen molar-refractivity contribution in [1.82, 2.24) is 29.8 Å². The summed E-state index contributed by atoms with van der Waals surface area (Å²) in [4.78, 5) is 28.4. The zero-order chi connectivity index (χ0) is 29.6. The molecule has 1 aromatic carbocycles. The Morgan fingerprint density at radius 2 is 1.85 bits per heavy atom. The number of likely N-dealkylation sites (tertiary alicyclic amines) is 1. The monoisotopic (exact) mass is 603 g/mol. The largest absolute Gasteiger partial charge is 0.382 e. The minimum absolute atomic E-state index is 0.0249. The molecule has 0 aliphatic carbocycles. The summed E-state index contributed by atoms with van der Waals surface area (Å²) >= 11 is 6.50. The Balaban J connectivity index is 1.32. The smallest absolute Gasteiger partial charge is 0.273 e. The van der Waals surface area contributed by atoms with Crippen LogP contribution in [0.3, 0.4) is 0 Å². The van der Waals surface area contributed by atoms with Crippen LogP contribution in [0.1, 0.15) is 47.8 Å². The van der Waals surface area contributed by atoms with Crippen LogP contribution in [0.2, 0.25) is 5.15 Å². The average molecular weight is 604 g/mol. The molecule has 0 unspecified atom stereocenters. The van der Waals surface area contributed by atoms with Crippen LogP contribution in [0.5, 0.6) is 0 Å². The van der Waals surface area contributed by atoms with E-state index in [1.165, 1.54) is 5.56 Å². The molecule has 14 heteroatoms.